The van der Waals surface area contributed by atoms with E-state index < -0.39 is 0 Å². The average molecular weight is 368 g/mol. The Bertz CT molecular complexity index is 889. The maximum atomic E-state index is 13.0. The Morgan fingerprint density at radius 2 is 1.77 bits per heavy atom. The molecule has 5 heteroatoms. The zero-order valence-corrected chi connectivity index (χ0v) is 16.1. The summed E-state index contributed by atoms with van der Waals surface area (Å²) in [5, 5.41) is 5.80. The Kier molecular flexibility index (Phi) is 5.07. The fraction of sp³-hybridized carbons (Fsp3) is 0.429. The number of hydrogen-bond acceptors (Lipinski definition) is 3. The summed E-state index contributed by atoms with van der Waals surface area (Å²) in [5.41, 5.74) is 2.22. The SMILES string of the molecule is Cc1nn(Cc2ccccc2)c2sc(C(=O)N3CCCCCCC3)cc12. The first-order chi connectivity index (χ1) is 12.7. The Labute approximate surface area is 158 Å². The van der Waals surface area contributed by atoms with Crippen LogP contribution in [0.4, 0.5) is 0 Å². The molecule has 1 amide bonds. The van der Waals surface area contributed by atoms with E-state index in [0.29, 0.717) is 0 Å². The van der Waals surface area contributed by atoms with Crippen molar-refractivity contribution < 1.29 is 4.79 Å². The number of carbonyl (C=O) groups is 1. The second-order valence-electron chi connectivity index (χ2n) is 7.12. The minimum Gasteiger partial charge on any atom is -0.338 e. The average Bonchev–Trinajstić information content (AvgIpc) is 3.17. The fourth-order valence-corrected chi connectivity index (χ4v) is 4.82. The molecule has 3 aromatic rings. The van der Waals surface area contributed by atoms with Gasteiger partial charge in [0.2, 0.25) is 0 Å². The molecule has 0 atom stereocenters. The van der Waals surface area contributed by atoms with E-state index >= 15 is 0 Å². The highest BCUT2D eigenvalue weighted by atomic mass is 32.1. The number of likely N-dealkylation sites (tertiary alicyclic amines) is 1. The van der Waals surface area contributed by atoms with Crippen LogP contribution in [0.25, 0.3) is 10.2 Å². The fourth-order valence-electron chi connectivity index (χ4n) is 3.69. The monoisotopic (exact) mass is 367 g/mol. The first kappa shape index (κ1) is 17.3. The lowest BCUT2D eigenvalue weighted by Gasteiger charge is -2.24. The number of aryl methyl sites for hydroxylation is 1. The van der Waals surface area contributed by atoms with E-state index in [1.807, 2.05) is 40.8 Å². The lowest BCUT2D eigenvalue weighted by atomic mass is 10.1. The molecule has 0 unspecified atom stereocenters. The van der Waals surface area contributed by atoms with Gasteiger partial charge in [-0.05, 0) is 31.4 Å². The molecule has 0 spiro atoms. The van der Waals surface area contributed by atoms with Crippen LogP contribution in [0.1, 0.15) is 53.0 Å². The van der Waals surface area contributed by atoms with Crippen molar-refractivity contribution in [2.24, 2.45) is 0 Å². The van der Waals surface area contributed by atoms with Gasteiger partial charge >= 0.3 is 0 Å². The third-order valence-electron chi connectivity index (χ3n) is 5.14. The van der Waals surface area contributed by atoms with Crippen LogP contribution in [0.2, 0.25) is 0 Å². The number of hydrogen-bond donors (Lipinski definition) is 0. The van der Waals surface area contributed by atoms with E-state index in [0.717, 1.165) is 53.3 Å². The number of thiophene rings is 1. The first-order valence-corrected chi connectivity index (χ1v) is 10.3. The molecule has 0 N–H and O–H groups in total. The Balaban J connectivity index is 1.60. The lowest BCUT2D eigenvalue weighted by molar-refractivity contribution is 0.0747. The van der Waals surface area contributed by atoms with Crippen LogP contribution in [-0.4, -0.2) is 33.7 Å². The van der Waals surface area contributed by atoms with Gasteiger partial charge in [-0.15, -0.1) is 11.3 Å². The minimum atomic E-state index is 0.193. The third kappa shape index (κ3) is 3.54. The molecule has 0 radical (unpaired) electrons. The number of fused-ring (bicyclic) bond motifs is 1. The predicted molar refractivity (Wildman–Crippen MR) is 107 cm³/mol. The highest BCUT2D eigenvalue weighted by Crippen LogP contribution is 2.30. The molecule has 1 aliphatic heterocycles. The largest absolute Gasteiger partial charge is 0.338 e. The molecular formula is C21H25N3OS. The van der Waals surface area contributed by atoms with E-state index in [2.05, 4.69) is 17.2 Å². The van der Waals surface area contributed by atoms with Crippen LogP contribution >= 0.6 is 11.3 Å². The van der Waals surface area contributed by atoms with Gasteiger partial charge in [-0.1, -0.05) is 49.6 Å². The van der Waals surface area contributed by atoms with E-state index in [1.165, 1.54) is 24.8 Å². The van der Waals surface area contributed by atoms with Crippen LogP contribution in [0.3, 0.4) is 0 Å². The van der Waals surface area contributed by atoms with Crippen LogP contribution in [0.5, 0.6) is 0 Å². The second kappa shape index (κ2) is 7.62. The molecule has 0 saturated carbocycles. The van der Waals surface area contributed by atoms with Crippen molar-refractivity contribution >= 4 is 27.5 Å². The smallest absolute Gasteiger partial charge is 0.264 e. The van der Waals surface area contributed by atoms with Gasteiger partial charge in [-0.3, -0.25) is 9.48 Å². The van der Waals surface area contributed by atoms with Crippen molar-refractivity contribution in [3.63, 3.8) is 0 Å². The summed E-state index contributed by atoms with van der Waals surface area (Å²) < 4.78 is 2.04. The van der Waals surface area contributed by atoms with Gasteiger partial charge in [0.15, 0.2) is 0 Å². The number of amides is 1. The van der Waals surface area contributed by atoms with Crippen molar-refractivity contribution in [3.05, 3.63) is 52.5 Å². The zero-order chi connectivity index (χ0) is 17.9. The zero-order valence-electron chi connectivity index (χ0n) is 15.3. The molecule has 3 heterocycles. The molecule has 136 valence electrons. The van der Waals surface area contributed by atoms with Crippen molar-refractivity contribution in [2.75, 3.05) is 13.1 Å². The number of aromatic nitrogens is 2. The molecule has 0 aliphatic carbocycles. The quantitative estimate of drug-likeness (QED) is 0.663. The minimum absolute atomic E-state index is 0.193. The number of carbonyl (C=O) groups excluding carboxylic acids is 1. The Morgan fingerprint density at radius 3 is 2.50 bits per heavy atom. The highest BCUT2D eigenvalue weighted by molar-refractivity contribution is 7.20. The van der Waals surface area contributed by atoms with Gasteiger partial charge in [-0.2, -0.15) is 5.10 Å². The third-order valence-corrected chi connectivity index (χ3v) is 6.27. The Morgan fingerprint density at radius 1 is 1.08 bits per heavy atom. The van der Waals surface area contributed by atoms with Gasteiger partial charge < -0.3 is 4.90 Å². The predicted octanol–water partition coefficient (Wildman–Crippen LogP) is 4.86. The molecule has 1 aromatic carbocycles. The molecule has 2 aromatic heterocycles. The maximum absolute atomic E-state index is 13.0. The van der Waals surface area contributed by atoms with Gasteiger partial charge in [0, 0.05) is 18.5 Å². The van der Waals surface area contributed by atoms with Crippen molar-refractivity contribution in [3.8, 4) is 0 Å². The molecule has 4 rings (SSSR count). The van der Waals surface area contributed by atoms with E-state index in [-0.39, 0.29) is 5.91 Å². The van der Waals surface area contributed by atoms with Gasteiger partial charge in [0.25, 0.3) is 5.91 Å². The highest BCUT2D eigenvalue weighted by Gasteiger charge is 2.21. The van der Waals surface area contributed by atoms with Gasteiger partial charge in [0.05, 0.1) is 17.1 Å². The van der Waals surface area contributed by atoms with Crippen molar-refractivity contribution in [2.45, 2.75) is 45.6 Å². The van der Waals surface area contributed by atoms with Crippen LogP contribution in [0.15, 0.2) is 36.4 Å². The Hall–Kier alpha value is -2.14. The summed E-state index contributed by atoms with van der Waals surface area (Å²) in [5.74, 6) is 0.193. The molecule has 1 fully saturated rings. The molecule has 26 heavy (non-hydrogen) atoms. The standard InChI is InChI=1S/C21H25N3OS/c1-16-18-14-19(20(25)23-12-8-3-2-4-9-13-23)26-21(18)24(22-16)15-17-10-6-5-7-11-17/h5-7,10-11,14H,2-4,8-9,12-13,15H2,1H3. The van der Waals surface area contributed by atoms with E-state index in [1.54, 1.807) is 11.3 Å². The molecule has 4 nitrogen and oxygen atoms in total. The van der Waals surface area contributed by atoms with E-state index in [9.17, 15) is 4.79 Å². The molecule has 1 saturated heterocycles. The van der Waals surface area contributed by atoms with Crippen molar-refractivity contribution in [1.29, 1.82) is 0 Å². The molecule has 0 bridgehead atoms. The van der Waals surface area contributed by atoms with Crippen LogP contribution in [0, 0.1) is 6.92 Å². The summed E-state index contributed by atoms with van der Waals surface area (Å²) in [6.45, 7) is 4.55. The van der Waals surface area contributed by atoms with Gasteiger partial charge in [-0.25, -0.2) is 0 Å². The number of rotatable bonds is 3. The lowest BCUT2D eigenvalue weighted by Crippen LogP contribution is -2.33. The second-order valence-corrected chi connectivity index (χ2v) is 8.15. The summed E-state index contributed by atoms with van der Waals surface area (Å²) in [4.78, 5) is 17.0. The van der Waals surface area contributed by atoms with Crippen molar-refractivity contribution in [1.82, 2.24) is 14.7 Å². The molecule has 1 aliphatic rings. The summed E-state index contributed by atoms with van der Waals surface area (Å²) in [6, 6.07) is 12.4. The maximum Gasteiger partial charge on any atom is 0.264 e. The topological polar surface area (TPSA) is 38.1 Å². The summed E-state index contributed by atoms with van der Waals surface area (Å²) in [6.07, 6.45) is 6.02. The number of benzene rings is 1. The van der Waals surface area contributed by atoms with Crippen LogP contribution < -0.4 is 0 Å². The normalized spacial score (nSPS) is 15.8. The van der Waals surface area contributed by atoms with E-state index in [4.69, 9.17) is 0 Å². The van der Waals surface area contributed by atoms with Gasteiger partial charge in [0.1, 0.15) is 4.83 Å². The molecular weight excluding hydrogens is 342 g/mol. The first-order valence-electron chi connectivity index (χ1n) is 9.52. The summed E-state index contributed by atoms with van der Waals surface area (Å²) in [7, 11) is 0. The summed E-state index contributed by atoms with van der Waals surface area (Å²) >= 11 is 1.59. The number of nitrogens with zero attached hydrogens (tertiary/aromatic N) is 3. The van der Waals surface area contributed by atoms with Crippen LogP contribution in [-0.2, 0) is 6.54 Å².